The van der Waals surface area contributed by atoms with Gasteiger partial charge >= 0.3 is 0 Å². The highest BCUT2D eigenvalue weighted by Crippen LogP contribution is 2.33. The van der Waals surface area contributed by atoms with Gasteiger partial charge in [-0.2, -0.15) is 0 Å². The molecule has 1 saturated heterocycles. The van der Waals surface area contributed by atoms with E-state index in [4.69, 9.17) is 0 Å². The molecule has 1 fully saturated rings. The molecular formula is C30H35N3O. The van der Waals surface area contributed by atoms with Crippen LogP contribution in [0.2, 0.25) is 0 Å². The van der Waals surface area contributed by atoms with Crippen molar-refractivity contribution in [2.45, 2.75) is 38.1 Å². The van der Waals surface area contributed by atoms with Gasteiger partial charge in [0.25, 0.3) is 0 Å². The van der Waals surface area contributed by atoms with Crippen molar-refractivity contribution in [3.05, 3.63) is 108 Å². The topological polar surface area (TPSA) is 45.2 Å². The molecule has 1 aliphatic rings. The van der Waals surface area contributed by atoms with Gasteiger partial charge in [0.1, 0.15) is 0 Å². The number of amides is 1. The summed E-state index contributed by atoms with van der Waals surface area (Å²) in [5, 5.41) is 2.99. The molecule has 0 spiro atoms. The van der Waals surface area contributed by atoms with Crippen LogP contribution in [0.15, 0.2) is 91.1 Å². The number of unbranched alkanes of at least 4 members (excludes halogenated alkanes) is 1. The van der Waals surface area contributed by atoms with Crippen LogP contribution in [-0.4, -0.2) is 35.4 Å². The van der Waals surface area contributed by atoms with Gasteiger partial charge in [0, 0.05) is 18.8 Å². The summed E-state index contributed by atoms with van der Waals surface area (Å²) in [6.45, 7) is 3.00. The Morgan fingerprint density at radius 2 is 1.56 bits per heavy atom. The Bertz CT molecular complexity index is 973. The van der Waals surface area contributed by atoms with Crippen LogP contribution in [0.25, 0.3) is 6.08 Å². The number of carbonyl (C=O) groups is 1. The van der Waals surface area contributed by atoms with Gasteiger partial charge in [-0.3, -0.25) is 14.7 Å². The molecule has 4 heteroatoms. The highest BCUT2D eigenvalue weighted by Gasteiger charge is 2.27. The van der Waals surface area contributed by atoms with E-state index in [1.54, 1.807) is 18.3 Å². The minimum Gasteiger partial charge on any atom is -0.353 e. The Morgan fingerprint density at radius 3 is 2.18 bits per heavy atom. The predicted molar refractivity (Wildman–Crippen MR) is 139 cm³/mol. The lowest BCUT2D eigenvalue weighted by molar-refractivity contribution is -0.116. The molecule has 1 aliphatic heterocycles. The minimum atomic E-state index is -0.0492. The van der Waals surface area contributed by atoms with Crippen LogP contribution in [-0.2, 0) is 4.79 Å². The van der Waals surface area contributed by atoms with Crippen LogP contribution in [0.3, 0.4) is 0 Å². The first-order valence-corrected chi connectivity index (χ1v) is 12.5. The smallest absolute Gasteiger partial charge is 0.244 e. The maximum atomic E-state index is 12.0. The van der Waals surface area contributed by atoms with Crippen molar-refractivity contribution in [2.24, 2.45) is 5.92 Å². The molecule has 0 radical (unpaired) electrons. The standard InChI is InChI=1S/C30H35N3O/c34-29(18-17-28-16-8-10-21-31-28)32-22-9-7-11-25-19-23-33(24-20-25)30(26-12-3-1-4-13-26)27-14-5-2-6-15-27/h1-6,8,10,12-18,21,25,30H,7,9,11,19-20,22-24H2,(H,32,34). The summed E-state index contributed by atoms with van der Waals surface area (Å²) in [5.41, 5.74) is 3.55. The highest BCUT2D eigenvalue weighted by atomic mass is 16.1. The molecule has 0 saturated carbocycles. The van der Waals surface area contributed by atoms with Crippen molar-refractivity contribution < 1.29 is 4.79 Å². The van der Waals surface area contributed by atoms with Crippen molar-refractivity contribution >= 4 is 12.0 Å². The Morgan fingerprint density at radius 1 is 0.912 bits per heavy atom. The number of nitrogens with zero attached hydrogens (tertiary/aromatic N) is 2. The molecule has 3 aromatic rings. The van der Waals surface area contributed by atoms with E-state index in [1.807, 2.05) is 18.2 Å². The largest absolute Gasteiger partial charge is 0.353 e. The van der Waals surface area contributed by atoms with E-state index in [0.29, 0.717) is 6.04 Å². The fourth-order valence-electron chi connectivity index (χ4n) is 4.85. The third-order valence-electron chi connectivity index (χ3n) is 6.68. The summed E-state index contributed by atoms with van der Waals surface area (Å²) >= 11 is 0. The first-order chi connectivity index (χ1) is 16.8. The first-order valence-electron chi connectivity index (χ1n) is 12.5. The summed E-state index contributed by atoms with van der Waals surface area (Å²) in [6.07, 6.45) is 11.0. The third kappa shape index (κ3) is 7.13. The van der Waals surface area contributed by atoms with Crippen molar-refractivity contribution in [1.29, 1.82) is 0 Å². The van der Waals surface area contributed by atoms with E-state index in [2.05, 4.69) is 75.9 Å². The molecule has 0 atom stereocenters. The van der Waals surface area contributed by atoms with Crippen LogP contribution in [0.4, 0.5) is 0 Å². The van der Waals surface area contributed by atoms with Crippen molar-refractivity contribution in [3.8, 4) is 0 Å². The van der Waals surface area contributed by atoms with E-state index in [0.717, 1.165) is 44.1 Å². The number of carbonyl (C=O) groups excluding carboxylic acids is 1. The van der Waals surface area contributed by atoms with Crippen molar-refractivity contribution in [1.82, 2.24) is 15.2 Å². The summed E-state index contributed by atoms with van der Waals surface area (Å²) in [4.78, 5) is 18.8. The number of benzene rings is 2. The quantitative estimate of drug-likeness (QED) is 0.308. The van der Waals surface area contributed by atoms with Crippen LogP contribution in [0, 0.1) is 5.92 Å². The molecule has 2 aromatic carbocycles. The zero-order valence-electron chi connectivity index (χ0n) is 19.9. The third-order valence-corrected chi connectivity index (χ3v) is 6.68. The van der Waals surface area contributed by atoms with Crippen molar-refractivity contribution in [3.63, 3.8) is 0 Å². The van der Waals surface area contributed by atoms with E-state index in [-0.39, 0.29) is 5.91 Å². The molecular weight excluding hydrogens is 418 g/mol. The first kappa shape index (κ1) is 23.9. The van der Waals surface area contributed by atoms with E-state index in [1.165, 1.54) is 30.4 Å². The van der Waals surface area contributed by atoms with Crippen LogP contribution in [0.1, 0.15) is 55.0 Å². The minimum absolute atomic E-state index is 0.0492. The Hall–Kier alpha value is -3.24. The number of piperidine rings is 1. The van der Waals surface area contributed by atoms with E-state index in [9.17, 15) is 4.79 Å². The lowest BCUT2D eigenvalue weighted by atomic mass is 9.88. The second-order valence-corrected chi connectivity index (χ2v) is 9.08. The number of pyridine rings is 1. The summed E-state index contributed by atoms with van der Waals surface area (Å²) in [6, 6.07) is 27.8. The molecule has 4 rings (SSSR count). The van der Waals surface area contributed by atoms with Gasteiger partial charge in [-0.15, -0.1) is 0 Å². The number of likely N-dealkylation sites (tertiary alicyclic amines) is 1. The number of hydrogen-bond donors (Lipinski definition) is 1. The maximum Gasteiger partial charge on any atom is 0.244 e. The molecule has 2 heterocycles. The Labute approximate surface area is 203 Å². The lowest BCUT2D eigenvalue weighted by Crippen LogP contribution is -2.37. The van der Waals surface area contributed by atoms with Gasteiger partial charge in [0.2, 0.25) is 5.91 Å². The molecule has 34 heavy (non-hydrogen) atoms. The number of rotatable bonds is 10. The molecule has 4 nitrogen and oxygen atoms in total. The predicted octanol–water partition coefficient (Wildman–Crippen LogP) is 5.88. The second-order valence-electron chi connectivity index (χ2n) is 9.08. The molecule has 1 aromatic heterocycles. The SMILES string of the molecule is O=C(C=Cc1ccccn1)NCCCCC1CCN(C(c2ccccc2)c2ccccc2)CC1. The molecule has 1 amide bonds. The second kappa shape index (κ2) is 12.9. The molecule has 0 unspecified atom stereocenters. The normalized spacial score (nSPS) is 15.1. The summed E-state index contributed by atoms with van der Waals surface area (Å²) in [7, 11) is 0. The van der Waals surface area contributed by atoms with Gasteiger partial charge in [0.05, 0.1) is 11.7 Å². The van der Waals surface area contributed by atoms with E-state index >= 15 is 0 Å². The molecule has 0 aliphatic carbocycles. The monoisotopic (exact) mass is 453 g/mol. The number of hydrogen-bond acceptors (Lipinski definition) is 3. The maximum absolute atomic E-state index is 12.0. The number of nitrogens with one attached hydrogen (secondary N) is 1. The highest BCUT2D eigenvalue weighted by molar-refractivity contribution is 5.91. The zero-order valence-corrected chi connectivity index (χ0v) is 19.9. The van der Waals surface area contributed by atoms with E-state index < -0.39 is 0 Å². The summed E-state index contributed by atoms with van der Waals surface area (Å²) < 4.78 is 0. The van der Waals surface area contributed by atoms with Crippen molar-refractivity contribution in [2.75, 3.05) is 19.6 Å². The molecule has 176 valence electrons. The fraction of sp³-hybridized carbons (Fsp3) is 0.333. The van der Waals surface area contributed by atoms with Crippen LogP contribution in [0.5, 0.6) is 0 Å². The average molecular weight is 454 g/mol. The van der Waals surface area contributed by atoms with Gasteiger partial charge in [-0.1, -0.05) is 79.6 Å². The van der Waals surface area contributed by atoms with Gasteiger partial charge < -0.3 is 5.32 Å². The summed E-state index contributed by atoms with van der Waals surface area (Å²) in [5.74, 6) is 0.732. The lowest BCUT2D eigenvalue weighted by Gasteiger charge is -2.38. The Balaban J connectivity index is 1.18. The van der Waals surface area contributed by atoms with Crippen LogP contribution < -0.4 is 5.32 Å². The molecule has 0 bridgehead atoms. The van der Waals surface area contributed by atoms with Gasteiger partial charge in [0.15, 0.2) is 0 Å². The average Bonchev–Trinajstić information content (AvgIpc) is 2.90. The zero-order chi connectivity index (χ0) is 23.4. The number of aromatic nitrogens is 1. The fourth-order valence-corrected chi connectivity index (χ4v) is 4.85. The molecule has 1 N–H and O–H groups in total. The van der Waals surface area contributed by atoms with Gasteiger partial charge in [-0.25, -0.2) is 0 Å². The Kier molecular flexibility index (Phi) is 9.04. The van der Waals surface area contributed by atoms with Crippen LogP contribution >= 0.6 is 0 Å². The van der Waals surface area contributed by atoms with Gasteiger partial charge in [-0.05, 0) is 67.6 Å².